The first-order chi connectivity index (χ1) is 6.46. The molecule has 78 valence electrons. The number of alkyl halides is 3. The maximum atomic E-state index is 13.2. The fraction of sp³-hybridized carbons (Fsp3) is 0.333. The molecule has 1 aromatic rings. The van der Waals surface area contributed by atoms with Crippen LogP contribution in [0.1, 0.15) is 11.1 Å². The second-order valence-electron chi connectivity index (χ2n) is 2.81. The summed E-state index contributed by atoms with van der Waals surface area (Å²) >= 11 is 0. The highest BCUT2D eigenvalue weighted by molar-refractivity contribution is 5.28. The van der Waals surface area contributed by atoms with Crippen LogP contribution in [0.15, 0.2) is 18.2 Å². The number of rotatable bonds is 2. The van der Waals surface area contributed by atoms with Crippen LogP contribution < -0.4 is 5.32 Å². The zero-order chi connectivity index (χ0) is 10.8. The van der Waals surface area contributed by atoms with Crippen molar-refractivity contribution in [3.63, 3.8) is 0 Å². The monoisotopic (exact) mass is 207 g/mol. The summed E-state index contributed by atoms with van der Waals surface area (Å²) in [4.78, 5) is 0. The fourth-order valence-corrected chi connectivity index (χ4v) is 1.13. The molecule has 0 aliphatic carbocycles. The van der Waals surface area contributed by atoms with E-state index in [2.05, 4.69) is 5.32 Å². The van der Waals surface area contributed by atoms with Gasteiger partial charge in [-0.3, -0.25) is 0 Å². The van der Waals surface area contributed by atoms with Crippen LogP contribution >= 0.6 is 0 Å². The third kappa shape index (κ3) is 2.23. The lowest BCUT2D eigenvalue weighted by Crippen LogP contribution is -2.13. The van der Waals surface area contributed by atoms with Gasteiger partial charge in [-0.2, -0.15) is 13.2 Å². The average Bonchev–Trinajstić information content (AvgIpc) is 2.07. The molecule has 1 aromatic carbocycles. The minimum Gasteiger partial charge on any atom is -0.316 e. The molecule has 14 heavy (non-hydrogen) atoms. The van der Waals surface area contributed by atoms with Crippen LogP contribution in [0.3, 0.4) is 0 Å². The minimum atomic E-state index is -4.63. The van der Waals surface area contributed by atoms with Crippen LogP contribution in [0.2, 0.25) is 0 Å². The van der Waals surface area contributed by atoms with Gasteiger partial charge in [0.1, 0.15) is 5.82 Å². The van der Waals surface area contributed by atoms with Gasteiger partial charge in [-0.15, -0.1) is 0 Å². The van der Waals surface area contributed by atoms with Crippen molar-refractivity contribution in [2.24, 2.45) is 0 Å². The Labute approximate surface area is 78.7 Å². The van der Waals surface area contributed by atoms with Crippen LogP contribution in [0.5, 0.6) is 0 Å². The van der Waals surface area contributed by atoms with Gasteiger partial charge < -0.3 is 5.32 Å². The summed E-state index contributed by atoms with van der Waals surface area (Å²) in [5.74, 6) is -1.20. The normalized spacial score (nSPS) is 11.8. The van der Waals surface area contributed by atoms with E-state index < -0.39 is 17.6 Å². The lowest BCUT2D eigenvalue weighted by atomic mass is 10.1. The molecule has 0 atom stereocenters. The Balaban J connectivity index is 3.14. The Morgan fingerprint density at radius 3 is 2.43 bits per heavy atom. The quantitative estimate of drug-likeness (QED) is 0.735. The van der Waals surface area contributed by atoms with Gasteiger partial charge in [-0.05, 0) is 13.1 Å². The van der Waals surface area contributed by atoms with Gasteiger partial charge in [-0.1, -0.05) is 12.1 Å². The molecule has 1 rings (SSSR count). The molecule has 0 heterocycles. The molecular formula is C9H9F4N. The van der Waals surface area contributed by atoms with Crippen LogP contribution in [0.25, 0.3) is 0 Å². The average molecular weight is 207 g/mol. The van der Waals surface area contributed by atoms with Crippen LogP contribution in [-0.4, -0.2) is 7.05 Å². The Bertz CT molecular complexity index is 319. The summed E-state index contributed by atoms with van der Waals surface area (Å²) in [7, 11) is 1.54. The summed E-state index contributed by atoms with van der Waals surface area (Å²) in [6.45, 7) is 0.0791. The van der Waals surface area contributed by atoms with Gasteiger partial charge in [0.2, 0.25) is 0 Å². The van der Waals surface area contributed by atoms with E-state index in [-0.39, 0.29) is 12.1 Å². The summed E-state index contributed by atoms with van der Waals surface area (Å²) < 4.78 is 49.8. The molecule has 0 saturated heterocycles. The van der Waals surface area contributed by atoms with Gasteiger partial charge >= 0.3 is 6.18 Å². The van der Waals surface area contributed by atoms with Gasteiger partial charge in [-0.25, -0.2) is 4.39 Å². The lowest BCUT2D eigenvalue weighted by molar-refractivity contribution is -0.140. The zero-order valence-electron chi connectivity index (χ0n) is 7.45. The van der Waals surface area contributed by atoms with E-state index in [4.69, 9.17) is 0 Å². The summed E-state index contributed by atoms with van der Waals surface area (Å²) in [5.41, 5.74) is -1.20. The van der Waals surface area contributed by atoms with Crippen molar-refractivity contribution in [2.45, 2.75) is 12.7 Å². The largest absolute Gasteiger partial charge is 0.419 e. The maximum Gasteiger partial charge on any atom is 0.419 e. The van der Waals surface area contributed by atoms with Crippen molar-refractivity contribution >= 4 is 0 Å². The summed E-state index contributed by atoms with van der Waals surface area (Å²) in [5, 5.41) is 2.60. The molecule has 0 bridgehead atoms. The SMILES string of the molecule is CNCc1cccc(C(F)(F)F)c1F. The minimum absolute atomic E-state index is 0.0160. The van der Waals surface area contributed by atoms with E-state index in [1.54, 1.807) is 7.05 Å². The first-order valence-electron chi connectivity index (χ1n) is 3.96. The van der Waals surface area contributed by atoms with Crippen molar-refractivity contribution in [3.8, 4) is 0 Å². The topological polar surface area (TPSA) is 12.0 Å². The first kappa shape index (κ1) is 11.0. The van der Waals surface area contributed by atoms with Crippen molar-refractivity contribution < 1.29 is 17.6 Å². The smallest absolute Gasteiger partial charge is 0.316 e. The Morgan fingerprint density at radius 1 is 1.29 bits per heavy atom. The van der Waals surface area contributed by atoms with E-state index in [0.29, 0.717) is 0 Å². The first-order valence-corrected chi connectivity index (χ1v) is 3.96. The Morgan fingerprint density at radius 2 is 1.93 bits per heavy atom. The predicted octanol–water partition coefficient (Wildman–Crippen LogP) is 2.56. The molecule has 0 fully saturated rings. The number of hydrogen-bond donors (Lipinski definition) is 1. The second-order valence-corrected chi connectivity index (χ2v) is 2.81. The van der Waals surface area contributed by atoms with Crippen molar-refractivity contribution in [1.29, 1.82) is 0 Å². The molecule has 0 aromatic heterocycles. The zero-order valence-corrected chi connectivity index (χ0v) is 7.45. The van der Waals surface area contributed by atoms with Gasteiger partial charge in [0.15, 0.2) is 0 Å². The number of nitrogens with one attached hydrogen (secondary N) is 1. The molecule has 0 saturated carbocycles. The standard InChI is InChI=1S/C9H9F4N/c1-14-5-6-3-2-4-7(8(6)10)9(11,12)13/h2-4,14H,5H2,1H3. The second kappa shape index (κ2) is 3.96. The predicted molar refractivity (Wildman–Crippen MR) is 44.2 cm³/mol. The summed E-state index contributed by atoms with van der Waals surface area (Å²) in [6.07, 6.45) is -4.63. The molecule has 0 radical (unpaired) electrons. The van der Waals surface area contributed by atoms with E-state index in [0.717, 1.165) is 6.07 Å². The highest BCUT2D eigenvalue weighted by atomic mass is 19.4. The van der Waals surface area contributed by atoms with Gasteiger partial charge in [0, 0.05) is 12.1 Å². The van der Waals surface area contributed by atoms with Crippen LogP contribution in [0, 0.1) is 5.82 Å². The van der Waals surface area contributed by atoms with Gasteiger partial charge in [0.05, 0.1) is 5.56 Å². The molecule has 1 nitrogen and oxygen atoms in total. The maximum absolute atomic E-state index is 13.2. The van der Waals surface area contributed by atoms with E-state index >= 15 is 0 Å². The molecular weight excluding hydrogens is 198 g/mol. The van der Waals surface area contributed by atoms with Crippen LogP contribution in [-0.2, 0) is 12.7 Å². The number of halogens is 4. The molecule has 0 unspecified atom stereocenters. The number of hydrogen-bond acceptors (Lipinski definition) is 1. The third-order valence-electron chi connectivity index (χ3n) is 1.75. The third-order valence-corrected chi connectivity index (χ3v) is 1.75. The van der Waals surface area contributed by atoms with E-state index in [1.807, 2.05) is 0 Å². The molecule has 0 aliphatic rings. The molecule has 5 heteroatoms. The lowest BCUT2D eigenvalue weighted by Gasteiger charge is -2.10. The fourth-order valence-electron chi connectivity index (χ4n) is 1.13. The Hall–Kier alpha value is -1.10. The highest BCUT2D eigenvalue weighted by Crippen LogP contribution is 2.32. The van der Waals surface area contributed by atoms with E-state index in [9.17, 15) is 17.6 Å². The van der Waals surface area contributed by atoms with Crippen molar-refractivity contribution in [2.75, 3.05) is 7.05 Å². The number of benzene rings is 1. The van der Waals surface area contributed by atoms with Crippen molar-refractivity contribution in [1.82, 2.24) is 5.32 Å². The van der Waals surface area contributed by atoms with Gasteiger partial charge in [0.25, 0.3) is 0 Å². The molecule has 0 spiro atoms. The molecule has 0 aliphatic heterocycles. The van der Waals surface area contributed by atoms with Crippen molar-refractivity contribution in [3.05, 3.63) is 35.1 Å². The summed E-state index contributed by atoms with van der Waals surface area (Å²) in [6, 6.07) is 3.24. The molecule has 1 N–H and O–H groups in total. The Kier molecular flexibility index (Phi) is 3.10. The van der Waals surface area contributed by atoms with E-state index in [1.165, 1.54) is 12.1 Å². The van der Waals surface area contributed by atoms with Crippen LogP contribution in [0.4, 0.5) is 17.6 Å². The highest BCUT2D eigenvalue weighted by Gasteiger charge is 2.34. The molecule has 0 amide bonds.